The molecule has 2 heterocycles. The number of hydrogen-bond acceptors (Lipinski definition) is 3. The van der Waals surface area contributed by atoms with Crippen molar-refractivity contribution in [3.8, 4) is 0 Å². The van der Waals surface area contributed by atoms with Gasteiger partial charge >= 0.3 is 0 Å². The van der Waals surface area contributed by atoms with Gasteiger partial charge in [0.2, 0.25) is 0 Å². The van der Waals surface area contributed by atoms with E-state index in [1.165, 1.54) is 34.2 Å². The first-order valence-corrected chi connectivity index (χ1v) is 8.84. The molecular formula is C21H19N3O3. The van der Waals surface area contributed by atoms with E-state index in [1.54, 1.807) is 17.0 Å². The van der Waals surface area contributed by atoms with Crippen LogP contribution in [-0.2, 0) is 0 Å². The molecule has 0 spiro atoms. The zero-order chi connectivity index (χ0) is 19.0. The minimum Gasteiger partial charge on any atom is -0.360 e. The topological polar surface area (TPSA) is 79.2 Å². The Morgan fingerprint density at radius 1 is 1.22 bits per heavy atom. The van der Waals surface area contributed by atoms with Crippen molar-refractivity contribution in [3.63, 3.8) is 0 Å². The van der Waals surface area contributed by atoms with E-state index in [4.69, 9.17) is 0 Å². The summed E-state index contributed by atoms with van der Waals surface area (Å²) in [5.74, 6) is -0.177. The first-order chi connectivity index (χ1) is 13.0. The van der Waals surface area contributed by atoms with Crippen LogP contribution in [0.15, 0.2) is 54.7 Å². The molecule has 1 amide bonds. The van der Waals surface area contributed by atoms with Crippen LogP contribution >= 0.6 is 0 Å². The fraction of sp³-hybridized carbons (Fsp3) is 0.190. The number of rotatable bonds is 3. The standard InChI is InChI=1S/C21H19N3O3/c1-14-4-2-7-18-19(13-22-20(14)18)15-8-10-23(11-9-15)21(25)16-5-3-6-17(12-16)24(26)27/h2-8,12-13,22H,9-11H2,1H3. The van der Waals surface area contributed by atoms with E-state index in [2.05, 4.69) is 36.2 Å². The lowest BCUT2D eigenvalue weighted by Crippen LogP contribution is -2.34. The summed E-state index contributed by atoms with van der Waals surface area (Å²) in [7, 11) is 0. The highest BCUT2D eigenvalue weighted by Crippen LogP contribution is 2.31. The first kappa shape index (κ1) is 17.0. The molecule has 1 N–H and O–H groups in total. The summed E-state index contributed by atoms with van der Waals surface area (Å²) in [4.78, 5) is 28.2. The molecule has 6 heteroatoms. The van der Waals surface area contributed by atoms with E-state index in [-0.39, 0.29) is 11.6 Å². The van der Waals surface area contributed by atoms with Crippen LogP contribution in [0.1, 0.15) is 27.9 Å². The number of amides is 1. The third-order valence-electron chi connectivity index (χ3n) is 5.07. The lowest BCUT2D eigenvalue weighted by molar-refractivity contribution is -0.384. The van der Waals surface area contributed by atoms with Crippen LogP contribution in [0.5, 0.6) is 0 Å². The molecule has 0 aliphatic carbocycles. The monoisotopic (exact) mass is 361 g/mol. The number of nitro benzene ring substituents is 1. The number of H-pyrrole nitrogens is 1. The van der Waals surface area contributed by atoms with Gasteiger partial charge in [-0.2, -0.15) is 0 Å². The zero-order valence-corrected chi connectivity index (χ0v) is 14.9. The molecule has 27 heavy (non-hydrogen) atoms. The minimum absolute atomic E-state index is 0.0664. The van der Waals surface area contributed by atoms with Gasteiger partial charge in [0.15, 0.2) is 0 Å². The third-order valence-corrected chi connectivity index (χ3v) is 5.07. The number of carbonyl (C=O) groups excluding carboxylic acids is 1. The summed E-state index contributed by atoms with van der Waals surface area (Å²) >= 11 is 0. The molecule has 3 aromatic rings. The number of benzene rings is 2. The Morgan fingerprint density at radius 2 is 2.04 bits per heavy atom. The van der Waals surface area contributed by atoms with E-state index < -0.39 is 4.92 Å². The largest absolute Gasteiger partial charge is 0.360 e. The normalized spacial score (nSPS) is 14.3. The number of nitrogens with one attached hydrogen (secondary N) is 1. The Balaban J connectivity index is 1.56. The summed E-state index contributed by atoms with van der Waals surface area (Å²) < 4.78 is 0. The van der Waals surface area contributed by atoms with Crippen LogP contribution in [0.25, 0.3) is 16.5 Å². The van der Waals surface area contributed by atoms with Crippen molar-refractivity contribution < 1.29 is 9.72 Å². The van der Waals surface area contributed by atoms with Crippen molar-refractivity contribution in [2.24, 2.45) is 0 Å². The van der Waals surface area contributed by atoms with Crippen LogP contribution < -0.4 is 0 Å². The number of fused-ring (bicyclic) bond motifs is 1. The molecule has 0 bridgehead atoms. The van der Waals surface area contributed by atoms with E-state index in [1.807, 2.05) is 6.20 Å². The lowest BCUT2D eigenvalue weighted by atomic mass is 9.98. The highest BCUT2D eigenvalue weighted by molar-refractivity contribution is 5.97. The van der Waals surface area contributed by atoms with Crippen LogP contribution in [0.2, 0.25) is 0 Å². The van der Waals surface area contributed by atoms with E-state index in [0.717, 1.165) is 11.9 Å². The Morgan fingerprint density at radius 3 is 2.78 bits per heavy atom. The van der Waals surface area contributed by atoms with Gasteiger partial charge in [-0.1, -0.05) is 30.3 Å². The second-order valence-corrected chi connectivity index (χ2v) is 6.74. The molecule has 0 atom stereocenters. The molecule has 0 fully saturated rings. The summed E-state index contributed by atoms with van der Waals surface area (Å²) in [6.45, 7) is 3.17. The maximum Gasteiger partial charge on any atom is 0.270 e. The number of nitro groups is 1. The molecule has 1 aliphatic heterocycles. The summed E-state index contributed by atoms with van der Waals surface area (Å²) in [6.07, 6.45) is 4.85. The summed E-state index contributed by atoms with van der Waals surface area (Å²) in [6, 6.07) is 12.1. The Hall–Kier alpha value is -3.41. The molecule has 0 radical (unpaired) electrons. The molecule has 0 saturated heterocycles. The summed E-state index contributed by atoms with van der Waals surface area (Å²) in [5.41, 5.74) is 5.03. The van der Waals surface area contributed by atoms with Gasteiger partial charge < -0.3 is 9.88 Å². The van der Waals surface area contributed by atoms with E-state index >= 15 is 0 Å². The Bertz CT molecular complexity index is 1080. The predicted molar refractivity (Wildman–Crippen MR) is 105 cm³/mol. The SMILES string of the molecule is Cc1cccc2c(C3=CCN(C(=O)c4cccc([N+](=O)[O-])c4)CC3)c[nH]c12. The number of aromatic nitrogens is 1. The number of hydrogen-bond donors (Lipinski definition) is 1. The average molecular weight is 361 g/mol. The first-order valence-electron chi connectivity index (χ1n) is 8.84. The predicted octanol–water partition coefficient (Wildman–Crippen LogP) is 4.31. The smallest absolute Gasteiger partial charge is 0.270 e. The molecule has 136 valence electrons. The summed E-state index contributed by atoms with van der Waals surface area (Å²) in [5, 5.41) is 12.1. The van der Waals surface area contributed by atoms with Gasteiger partial charge in [0.25, 0.3) is 11.6 Å². The highest BCUT2D eigenvalue weighted by Gasteiger charge is 2.22. The Labute approximate surface area is 156 Å². The molecule has 1 aliphatic rings. The highest BCUT2D eigenvalue weighted by atomic mass is 16.6. The number of non-ortho nitro benzene ring substituents is 1. The molecule has 2 aromatic carbocycles. The van der Waals surface area contributed by atoms with E-state index in [0.29, 0.717) is 18.7 Å². The van der Waals surface area contributed by atoms with Crippen molar-refractivity contribution in [1.29, 1.82) is 0 Å². The van der Waals surface area contributed by atoms with E-state index in [9.17, 15) is 14.9 Å². The number of carbonyl (C=O) groups is 1. The van der Waals surface area contributed by atoms with Crippen molar-refractivity contribution in [3.05, 3.63) is 81.5 Å². The quantitative estimate of drug-likeness (QED) is 0.557. The molecule has 6 nitrogen and oxygen atoms in total. The van der Waals surface area contributed by atoms with Crippen molar-refractivity contribution in [2.75, 3.05) is 13.1 Å². The van der Waals surface area contributed by atoms with Crippen LogP contribution in [-0.4, -0.2) is 33.8 Å². The fourth-order valence-corrected chi connectivity index (χ4v) is 3.60. The maximum atomic E-state index is 12.7. The van der Waals surface area contributed by atoms with Gasteiger partial charge in [0, 0.05) is 53.4 Å². The van der Waals surface area contributed by atoms with Crippen LogP contribution in [0.4, 0.5) is 5.69 Å². The van der Waals surface area contributed by atoms with Crippen LogP contribution in [0.3, 0.4) is 0 Å². The van der Waals surface area contributed by atoms with Crippen molar-refractivity contribution in [2.45, 2.75) is 13.3 Å². The van der Waals surface area contributed by atoms with Gasteiger partial charge in [-0.15, -0.1) is 0 Å². The van der Waals surface area contributed by atoms with Gasteiger partial charge in [-0.05, 0) is 30.5 Å². The maximum absolute atomic E-state index is 12.7. The van der Waals surface area contributed by atoms with Gasteiger partial charge in [-0.3, -0.25) is 14.9 Å². The van der Waals surface area contributed by atoms with Gasteiger partial charge in [0.05, 0.1) is 4.92 Å². The third kappa shape index (κ3) is 3.10. The minimum atomic E-state index is -0.482. The zero-order valence-electron chi connectivity index (χ0n) is 14.9. The van der Waals surface area contributed by atoms with Gasteiger partial charge in [0.1, 0.15) is 0 Å². The Kier molecular flexibility index (Phi) is 4.24. The average Bonchev–Trinajstić information content (AvgIpc) is 3.13. The fourth-order valence-electron chi connectivity index (χ4n) is 3.60. The number of aromatic amines is 1. The van der Waals surface area contributed by atoms with Crippen LogP contribution in [0, 0.1) is 17.0 Å². The van der Waals surface area contributed by atoms with Crippen molar-refractivity contribution >= 4 is 28.1 Å². The molecule has 0 saturated carbocycles. The second-order valence-electron chi connectivity index (χ2n) is 6.74. The lowest BCUT2D eigenvalue weighted by Gasteiger charge is -2.26. The van der Waals surface area contributed by atoms with Gasteiger partial charge in [-0.25, -0.2) is 0 Å². The molecule has 1 aromatic heterocycles. The number of aryl methyl sites for hydroxylation is 1. The number of para-hydroxylation sites is 1. The second kappa shape index (κ2) is 6.72. The van der Waals surface area contributed by atoms with Crippen molar-refractivity contribution in [1.82, 2.24) is 9.88 Å². The molecular weight excluding hydrogens is 342 g/mol. The number of nitrogens with zero attached hydrogens (tertiary/aromatic N) is 2. The molecule has 0 unspecified atom stereocenters. The molecule has 4 rings (SSSR count).